The highest BCUT2D eigenvalue weighted by Crippen LogP contribution is 2.24. The minimum atomic E-state index is -0.926. The number of hydrogen-bond donors (Lipinski definition) is 2. The van der Waals surface area contributed by atoms with Gasteiger partial charge in [0, 0.05) is 28.2 Å². The van der Waals surface area contributed by atoms with Gasteiger partial charge in [-0.2, -0.15) is 0 Å². The Labute approximate surface area is 99.8 Å². The van der Waals surface area contributed by atoms with Crippen molar-refractivity contribution in [2.24, 2.45) is 0 Å². The van der Waals surface area contributed by atoms with Gasteiger partial charge in [0.05, 0.1) is 0 Å². The first-order valence-electron chi connectivity index (χ1n) is 5.64. The van der Waals surface area contributed by atoms with Gasteiger partial charge in [-0.1, -0.05) is 13.0 Å². The second-order valence-electron chi connectivity index (χ2n) is 4.07. The maximum atomic E-state index is 10.6. The maximum absolute atomic E-state index is 10.6. The molecule has 0 aliphatic carbocycles. The van der Waals surface area contributed by atoms with E-state index < -0.39 is 5.97 Å². The fourth-order valence-corrected chi connectivity index (χ4v) is 1.98. The molecule has 3 nitrogen and oxygen atoms in total. The van der Waals surface area contributed by atoms with Crippen LogP contribution in [0.5, 0.6) is 0 Å². The summed E-state index contributed by atoms with van der Waals surface area (Å²) in [6.45, 7) is 4.06. The van der Waals surface area contributed by atoms with Gasteiger partial charge >= 0.3 is 5.97 Å². The van der Waals surface area contributed by atoms with Gasteiger partial charge in [-0.25, -0.2) is 4.79 Å². The van der Waals surface area contributed by atoms with Gasteiger partial charge in [-0.05, 0) is 37.1 Å². The molecule has 0 spiro atoms. The number of aromatic nitrogens is 1. The average molecular weight is 229 g/mol. The summed E-state index contributed by atoms with van der Waals surface area (Å²) >= 11 is 0. The quantitative estimate of drug-likeness (QED) is 0.794. The van der Waals surface area contributed by atoms with E-state index in [-0.39, 0.29) is 0 Å². The van der Waals surface area contributed by atoms with E-state index in [0.29, 0.717) is 0 Å². The maximum Gasteiger partial charge on any atom is 0.328 e. The second-order valence-corrected chi connectivity index (χ2v) is 4.07. The SMILES string of the molecule is CCc1ccc2[nH]c(C)c(/C=C/C(=O)O)c2c1. The van der Waals surface area contributed by atoms with Crippen molar-refractivity contribution in [3.05, 3.63) is 41.1 Å². The minimum absolute atomic E-state index is 0.926. The van der Waals surface area contributed by atoms with Crippen molar-refractivity contribution in [2.45, 2.75) is 20.3 Å². The number of nitrogens with one attached hydrogen (secondary N) is 1. The lowest BCUT2D eigenvalue weighted by molar-refractivity contribution is -0.131. The van der Waals surface area contributed by atoms with Gasteiger partial charge in [0.15, 0.2) is 0 Å². The monoisotopic (exact) mass is 229 g/mol. The summed E-state index contributed by atoms with van der Waals surface area (Å²) in [5.74, 6) is -0.926. The molecule has 0 saturated heterocycles. The van der Waals surface area contributed by atoms with Crippen LogP contribution >= 0.6 is 0 Å². The Kier molecular flexibility index (Phi) is 3.00. The summed E-state index contributed by atoms with van der Waals surface area (Å²) in [5, 5.41) is 9.76. The van der Waals surface area contributed by atoms with Crippen LogP contribution < -0.4 is 0 Å². The molecular formula is C14H15NO2. The fraction of sp³-hybridized carbons (Fsp3) is 0.214. The zero-order chi connectivity index (χ0) is 12.4. The zero-order valence-electron chi connectivity index (χ0n) is 9.95. The molecule has 1 aromatic heterocycles. The van der Waals surface area contributed by atoms with Crippen LogP contribution in [-0.2, 0) is 11.2 Å². The molecule has 0 bridgehead atoms. The lowest BCUT2D eigenvalue weighted by Gasteiger charge is -1.97. The van der Waals surface area contributed by atoms with E-state index in [1.807, 2.05) is 13.0 Å². The van der Waals surface area contributed by atoms with E-state index in [1.165, 1.54) is 11.6 Å². The molecule has 0 radical (unpaired) electrons. The highest BCUT2D eigenvalue weighted by molar-refractivity contribution is 5.94. The predicted octanol–water partition coefficient (Wildman–Crippen LogP) is 3.14. The third-order valence-electron chi connectivity index (χ3n) is 2.90. The average Bonchev–Trinajstić information content (AvgIpc) is 2.61. The van der Waals surface area contributed by atoms with E-state index in [4.69, 9.17) is 5.11 Å². The summed E-state index contributed by atoms with van der Waals surface area (Å²) in [7, 11) is 0. The van der Waals surface area contributed by atoms with Crippen molar-refractivity contribution in [1.82, 2.24) is 4.98 Å². The van der Waals surface area contributed by atoms with E-state index in [0.717, 1.165) is 28.6 Å². The number of aryl methyl sites for hydroxylation is 2. The first-order chi connectivity index (χ1) is 8.11. The van der Waals surface area contributed by atoms with Crippen molar-refractivity contribution in [3.63, 3.8) is 0 Å². The molecule has 2 rings (SSSR count). The first-order valence-corrected chi connectivity index (χ1v) is 5.64. The molecule has 0 atom stereocenters. The zero-order valence-corrected chi connectivity index (χ0v) is 9.95. The van der Waals surface area contributed by atoms with Gasteiger partial charge in [0.1, 0.15) is 0 Å². The normalized spacial score (nSPS) is 11.4. The summed E-state index contributed by atoms with van der Waals surface area (Å²) in [6, 6.07) is 6.24. The van der Waals surface area contributed by atoms with Gasteiger partial charge in [0.25, 0.3) is 0 Å². The molecule has 88 valence electrons. The molecule has 0 fully saturated rings. The molecule has 0 aliphatic rings. The number of carbonyl (C=O) groups is 1. The number of fused-ring (bicyclic) bond motifs is 1. The van der Waals surface area contributed by atoms with Gasteiger partial charge in [0.2, 0.25) is 0 Å². The third kappa shape index (κ3) is 2.23. The van der Waals surface area contributed by atoms with Crippen LogP contribution in [0.1, 0.15) is 23.7 Å². The molecule has 0 amide bonds. The van der Waals surface area contributed by atoms with E-state index in [1.54, 1.807) is 6.08 Å². The summed E-state index contributed by atoms with van der Waals surface area (Å²) < 4.78 is 0. The smallest absolute Gasteiger partial charge is 0.328 e. The molecule has 0 saturated carbocycles. The van der Waals surface area contributed by atoms with Crippen LogP contribution in [0.2, 0.25) is 0 Å². The van der Waals surface area contributed by atoms with E-state index >= 15 is 0 Å². The van der Waals surface area contributed by atoms with Crippen molar-refractivity contribution >= 4 is 22.9 Å². The van der Waals surface area contributed by atoms with Crippen LogP contribution in [0, 0.1) is 6.92 Å². The minimum Gasteiger partial charge on any atom is -0.478 e. The Bertz CT molecular complexity index is 594. The van der Waals surface area contributed by atoms with Crippen molar-refractivity contribution in [1.29, 1.82) is 0 Å². The molecule has 3 heteroatoms. The number of aromatic amines is 1. The molecule has 0 aliphatic heterocycles. The van der Waals surface area contributed by atoms with Crippen molar-refractivity contribution in [3.8, 4) is 0 Å². The Hall–Kier alpha value is -2.03. The largest absolute Gasteiger partial charge is 0.478 e. The van der Waals surface area contributed by atoms with E-state index in [9.17, 15) is 4.79 Å². The van der Waals surface area contributed by atoms with Crippen molar-refractivity contribution < 1.29 is 9.90 Å². The molecule has 1 heterocycles. The molecule has 1 aromatic carbocycles. The van der Waals surface area contributed by atoms with Crippen molar-refractivity contribution in [2.75, 3.05) is 0 Å². The molecule has 2 aromatic rings. The Morgan fingerprint density at radius 3 is 2.88 bits per heavy atom. The lowest BCUT2D eigenvalue weighted by Crippen LogP contribution is -1.86. The van der Waals surface area contributed by atoms with Crippen LogP contribution in [0.15, 0.2) is 24.3 Å². The van der Waals surface area contributed by atoms with Gasteiger partial charge < -0.3 is 10.1 Å². The Balaban J connectivity index is 2.60. The third-order valence-corrected chi connectivity index (χ3v) is 2.90. The lowest BCUT2D eigenvalue weighted by atomic mass is 10.1. The van der Waals surface area contributed by atoms with Crippen LogP contribution in [0.25, 0.3) is 17.0 Å². The Morgan fingerprint density at radius 1 is 1.47 bits per heavy atom. The number of rotatable bonds is 3. The molecule has 2 N–H and O–H groups in total. The van der Waals surface area contributed by atoms with Crippen LogP contribution in [-0.4, -0.2) is 16.1 Å². The highest BCUT2D eigenvalue weighted by atomic mass is 16.4. The molecular weight excluding hydrogens is 214 g/mol. The highest BCUT2D eigenvalue weighted by Gasteiger charge is 2.06. The van der Waals surface area contributed by atoms with Gasteiger partial charge in [-0.3, -0.25) is 0 Å². The first kappa shape index (κ1) is 11.5. The number of aliphatic carboxylic acids is 1. The van der Waals surface area contributed by atoms with E-state index in [2.05, 4.69) is 24.0 Å². The number of benzene rings is 1. The predicted molar refractivity (Wildman–Crippen MR) is 69.1 cm³/mol. The number of carboxylic acids is 1. The van der Waals surface area contributed by atoms with Gasteiger partial charge in [-0.15, -0.1) is 0 Å². The topological polar surface area (TPSA) is 53.1 Å². The Morgan fingerprint density at radius 2 is 2.24 bits per heavy atom. The number of hydrogen-bond acceptors (Lipinski definition) is 1. The summed E-state index contributed by atoms with van der Waals surface area (Å²) in [4.78, 5) is 13.8. The standard InChI is InChI=1S/C14H15NO2/c1-3-10-4-6-13-12(8-10)11(9(2)15-13)5-7-14(16)17/h4-8,15H,3H2,1-2H3,(H,16,17)/b7-5+. The number of H-pyrrole nitrogens is 1. The van der Waals surface area contributed by atoms with Crippen LogP contribution in [0.4, 0.5) is 0 Å². The summed E-state index contributed by atoms with van der Waals surface area (Å²) in [6.07, 6.45) is 3.80. The molecule has 0 unspecified atom stereocenters. The summed E-state index contributed by atoms with van der Waals surface area (Å²) in [5.41, 5.74) is 4.25. The molecule has 17 heavy (non-hydrogen) atoms. The number of carboxylic acid groups (broad SMARTS) is 1. The fourth-order valence-electron chi connectivity index (χ4n) is 1.98. The second kappa shape index (κ2) is 4.45. The van der Waals surface area contributed by atoms with Crippen LogP contribution in [0.3, 0.4) is 0 Å².